The maximum Gasteiger partial charge on any atom is 0.152 e. The summed E-state index contributed by atoms with van der Waals surface area (Å²) in [5.41, 5.74) is 1.87. The summed E-state index contributed by atoms with van der Waals surface area (Å²) in [5, 5.41) is 0. The van der Waals surface area contributed by atoms with Crippen LogP contribution in [0.4, 0.5) is 0 Å². The summed E-state index contributed by atoms with van der Waals surface area (Å²) >= 11 is 0. The van der Waals surface area contributed by atoms with Crippen LogP contribution in [0.1, 0.15) is 5.76 Å². The first-order chi connectivity index (χ1) is 7.92. The number of furan rings is 1. The zero-order valence-electron chi connectivity index (χ0n) is 8.64. The van der Waals surface area contributed by atoms with Gasteiger partial charge < -0.3 is 14.1 Å². The monoisotopic (exact) mass is 213 g/mol. The van der Waals surface area contributed by atoms with Gasteiger partial charge in [-0.3, -0.25) is 0 Å². The second-order valence-electron chi connectivity index (χ2n) is 3.57. The quantitative estimate of drug-likeness (QED) is 0.724. The van der Waals surface area contributed by atoms with Gasteiger partial charge in [0.25, 0.3) is 0 Å². The maximum atomic E-state index is 5.58. The van der Waals surface area contributed by atoms with Crippen molar-refractivity contribution in [2.45, 2.75) is 6.61 Å². The van der Waals surface area contributed by atoms with Gasteiger partial charge in [0.15, 0.2) is 5.58 Å². The average molecular weight is 213 g/mol. The van der Waals surface area contributed by atoms with Crippen molar-refractivity contribution >= 4 is 11.1 Å². The topological polar surface area (TPSA) is 38.2 Å². The van der Waals surface area contributed by atoms with Crippen molar-refractivity contribution in [2.24, 2.45) is 0 Å². The van der Waals surface area contributed by atoms with Crippen molar-refractivity contribution in [3.05, 3.63) is 54.4 Å². The van der Waals surface area contributed by atoms with Gasteiger partial charge in [-0.15, -0.1) is 0 Å². The summed E-state index contributed by atoms with van der Waals surface area (Å²) < 4.78 is 11.2. The first-order valence-electron chi connectivity index (χ1n) is 5.15. The third kappa shape index (κ3) is 1.67. The molecule has 3 aromatic rings. The Kier molecular flexibility index (Phi) is 2.14. The van der Waals surface area contributed by atoms with Crippen LogP contribution in [-0.4, -0.2) is 4.98 Å². The van der Waals surface area contributed by atoms with E-state index in [0.29, 0.717) is 6.61 Å². The Labute approximate surface area is 92.7 Å². The predicted molar refractivity (Wildman–Crippen MR) is 61.3 cm³/mol. The van der Waals surface area contributed by atoms with Crippen molar-refractivity contribution in [2.75, 3.05) is 0 Å². The van der Waals surface area contributed by atoms with Crippen LogP contribution in [0.25, 0.3) is 11.1 Å². The number of nitrogens with one attached hydrogen (secondary N) is 1. The second kappa shape index (κ2) is 3.77. The van der Waals surface area contributed by atoms with E-state index in [1.165, 1.54) is 0 Å². The number of aromatic nitrogens is 1. The Morgan fingerprint density at radius 1 is 1.12 bits per heavy atom. The third-order valence-corrected chi connectivity index (χ3v) is 2.41. The molecule has 0 atom stereocenters. The van der Waals surface area contributed by atoms with Crippen LogP contribution in [0.3, 0.4) is 0 Å². The standard InChI is InChI=1S/C13H11NO2/c1-2-4-10(5-3-1)15-9-11-8-12-13(16-11)6-7-14-12/h1-8,14H,9H2. The van der Waals surface area contributed by atoms with Crippen LogP contribution in [0.2, 0.25) is 0 Å². The zero-order valence-corrected chi connectivity index (χ0v) is 8.64. The highest BCUT2D eigenvalue weighted by Gasteiger charge is 2.04. The van der Waals surface area contributed by atoms with Gasteiger partial charge in [-0.1, -0.05) is 18.2 Å². The lowest BCUT2D eigenvalue weighted by atomic mass is 10.3. The molecule has 0 aliphatic rings. The fourth-order valence-electron chi connectivity index (χ4n) is 1.64. The van der Waals surface area contributed by atoms with Crippen LogP contribution in [0.5, 0.6) is 5.75 Å². The average Bonchev–Trinajstić information content (AvgIpc) is 2.88. The molecular weight excluding hydrogens is 202 g/mol. The Bertz CT molecular complexity index is 552. The summed E-state index contributed by atoms with van der Waals surface area (Å²) in [7, 11) is 0. The smallest absolute Gasteiger partial charge is 0.152 e. The molecule has 0 bridgehead atoms. The van der Waals surface area contributed by atoms with E-state index in [2.05, 4.69) is 4.98 Å². The van der Waals surface area contributed by atoms with Crippen molar-refractivity contribution in [3.8, 4) is 5.75 Å². The van der Waals surface area contributed by atoms with Gasteiger partial charge in [0.2, 0.25) is 0 Å². The van der Waals surface area contributed by atoms with Gasteiger partial charge in [-0.05, 0) is 18.2 Å². The van der Waals surface area contributed by atoms with E-state index >= 15 is 0 Å². The molecule has 80 valence electrons. The first-order valence-corrected chi connectivity index (χ1v) is 5.15. The summed E-state index contributed by atoms with van der Waals surface area (Å²) in [6, 6.07) is 13.6. The number of ether oxygens (including phenoxy) is 1. The fourth-order valence-corrected chi connectivity index (χ4v) is 1.64. The number of hydrogen-bond acceptors (Lipinski definition) is 2. The molecule has 3 heteroatoms. The molecule has 0 amide bonds. The largest absolute Gasteiger partial charge is 0.486 e. The van der Waals surface area contributed by atoms with Gasteiger partial charge in [0, 0.05) is 12.3 Å². The summed E-state index contributed by atoms with van der Waals surface area (Å²) in [5.74, 6) is 1.67. The first kappa shape index (κ1) is 9.09. The Hall–Kier alpha value is -2.16. The third-order valence-electron chi connectivity index (χ3n) is 2.41. The van der Waals surface area contributed by atoms with E-state index in [1.54, 1.807) is 0 Å². The highest BCUT2D eigenvalue weighted by atomic mass is 16.5. The van der Waals surface area contributed by atoms with Gasteiger partial charge in [-0.25, -0.2) is 0 Å². The molecule has 0 unspecified atom stereocenters. The minimum absolute atomic E-state index is 0.451. The summed E-state index contributed by atoms with van der Waals surface area (Å²) in [6.45, 7) is 0.451. The summed E-state index contributed by atoms with van der Waals surface area (Å²) in [4.78, 5) is 3.09. The van der Waals surface area contributed by atoms with E-state index in [0.717, 1.165) is 22.6 Å². The lowest BCUT2D eigenvalue weighted by molar-refractivity contribution is 0.274. The summed E-state index contributed by atoms with van der Waals surface area (Å²) in [6.07, 6.45) is 1.86. The Balaban J connectivity index is 1.74. The SMILES string of the molecule is c1ccc(OCc2cc3[nH]ccc3o2)cc1. The zero-order chi connectivity index (χ0) is 10.8. The molecule has 0 spiro atoms. The van der Waals surface area contributed by atoms with E-state index < -0.39 is 0 Å². The lowest BCUT2D eigenvalue weighted by Crippen LogP contribution is -1.92. The number of fused-ring (bicyclic) bond motifs is 1. The van der Waals surface area contributed by atoms with E-state index in [1.807, 2.05) is 48.7 Å². The number of rotatable bonds is 3. The number of benzene rings is 1. The molecule has 2 heterocycles. The highest BCUT2D eigenvalue weighted by molar-refractivity contribution is 5.73. The number of para-hydroxylation sites is 1. The molecule has 0 saturated heterocycles. The van der Waals surface area contributed by atoms with Crippen LogP contribution in [-0.2, 0) is 6.61 Å². The molecule has 3 rings (SSSR count). The number of H-pyrrole nitrogens is 1. The predicted octanol–water partition coefficient (Wildman–Crippen LogP) is 3.34. The van der Waals surface area contributed by atoms with Gasteiger partial charge in [0.05, 0.1) is 5.52 Å². The molecule has 0 saturated carbocycles. The van der Waals surface area contributed by atoms with Crippen LogP contribution in [0.15, 0.2) is 53.1 Å². The fraction of sp³-hybridized carbons (Fsp3) is 0.0769. The Morgan fingerprint density at radius 3 is 2.81 bits per heavy atom. The van der Waals surface area contributed by atoms with Crippen molar-refractivity contribution in [3.63, 3.8) is 0 Å². The normalized spacial score (nSPS) is 10.8. The number of hydrogen-bond donors (Lipinski definition) is 1. The van der Waals surface area contributed by atoms with Crippen molar-refractivity contribution in [1.82, 2.24) is 4.98 Å². The minimum atomic E-state index is 0.451. The van der Waals surface area contributed by atoms with Crippen LogP contribution < -0.4 is 4.74 Å². The molecule has 1 aromatic carbocycles. The van der Waals surface area contributed by atoms with E-state index in [9.17, 15) is 0 Å². The van der Waals surface area contributed by atoms with E-state index in [4.69, 9.17) is 9.15 Å². The van der Waals surface area contributed by atoms with Crippen LogP contribution >= 0.6 is 0 Å². The van der Waals surface area contributed by atoms with Crippen molar-refractivity contribution < 1.29 is 9.15 Å². The molecule has 3 nitrogen and oxygen atoms in total. The maximum absolute atomic E-state index is 5.58. The minimum Gasteiger partial charge on any atom is -0.486 e. The molecule has 2 aromatic heterocycles. The second-order valence-corrected chi connectivity index (χ2v) is 3.57. The molecule has 0 aliphatic carbocycles. The Morgan fingerprint density at radius 2 is 2.00 bits per heavy atom. The van der Waals surface area contributed by atoms with Gasteiger partial charge in [-0.2, -0.15) is 0 Å². The van der Waals surface area contributed by atoms with Gasteiger partial charge >= 0.3 is 0 Å². The molecule has 0 radical (unpaired) electrons. The molecular formula is C13H11NO2. The van der Waals surface area contributed by atoms with E-state index in [-0.39, 0.29) is 0 Å². The number of aromatic amines is 1. The molecule has 0 fully saturated rings. The lowest BCUT2D eigenvalue weighted by Gasteiger charge is -2.02. The van der Waals surface area contributed by atoms with Crippen molar-refractivity contribution in [1.29, 1.82) is 0 Å². The molecule has 1 N–H and O–H groups in total. The van der Waals surface area contributed by atoms with Gasteiger partial charge in [0.1, 0.15) is 18.1 Å². The highest BCUT2D eigenvalue weighted by Crippen LogP contribution is 2.19. The van der Waals surface area contributed by atoms with Crippen LogP contribution in [0, 0.1) is 0 Å². The molecule has 16 heavy (non-hydrogen) atoms. The molecule has 0 aliphatic heterocycles.